The topological polar surface area (TPSA) is 80.6 Å². The van der Waals surface area contributed by atoms with Gasteiger partial charge in [0.1, 0.15) is 11.8 Å². The van der Waals surface area contributed by atoms with E-state index in [-0.39, 0.29) is 36.0 Å². The smallest absolute Gasteiger partial charge is 0.201 e. The number of likely N-dealkylation sites (N-methyl/N-ethyl adjacent to an activating group) is 2. The number of hydrogen-bond donors (Lipinski definition) is 2. The fourth-order valence-electron chi connectivity index (χ4n) is 7.27. The minimum absolute atomic E-state index is 0. The van der Waals surface area contributed by atoms with Crippen LogP contribution in [0.4, 0.5) is 0 Å². The second kappa shape index (κ2) is 12.2. The average Bonchev–Trinajstić information content (AvgIpc) is 3.03. The molecule has 6 bridgehead atoms. The van der Waals surface area contributed by atoms with Gasteiger partial charge in [-0.05, 0) is 90.2 Å². The van der Waals surface area contributed by atoms with Gasteiger partial charge >= 0.3 is 0 Å². The van der Waals surface area contributed by atoms with E-state index in [1.54, 1.807) is 20.3 Å². The van der Waals surface area contributed by atoms with Crippen LogP contribution in [0.2, 0.25) is 0 Å². The molecule has 0 saturated heterocycles. The summed E-state index contributed by atoms with van der Waals surface area (Å²) in [5.74, 6) is 3.14. The van der Waals surface area contributed by atoms with E-state index in [0.29, 0.717) is 45.4 Å². The predicted octanol–water partition coefficient (Wildman–Crippen LogP) is 3.71. The van der Waals surface area contributed by atoms with Crippen LogP contribution < -0.4 is 31.4 Å². The van der Waals surface area contributed by atoms with Crippen LogP contribution in [0.25, 0.3) is 0 Å². The molecule has 8 rings (SSSR count). The Labute approximate surface area is 276 Å². The van der Waals surface area contributed by atoms with Crippen molar-refractivity contribution in [3.63, 3.8) is 0 Å². The fraction of sp³-hybridized carbons (Fsp3) is 0.351. The van der Waals surface area contributed by atoms with Gasteiger partial charge in [-0.25, -0.2) is 0 Å². The van der Waals surface area contributed by atoms with E-state index < -0.39 is 0 Å². The molecule has 0 aromatic heterocycles. The molecule has 4 aliphatic rings. The highest BCUT2D eigenvalue weighted by atomic mass is 35.5. The van der Waals surface area contributed by atoms with E-state index in [1.165, 1.54) is 16.7 Å². The number of aromatic hydroxyl groups is 2. The first-order valence-electron chi connectivity index (χ1n) is 15.6. The second-order valence-corrected chi connectivity index (χ2v) is 13.1. The van der Waals surface area contributed by atoms with Crippen molar-refractivity contribution in [3.05, 3.63) is 94.0 Å². The van der Waals surface area contributed by atoms with E-state index in [4.69, 9.17) is 18.9 Å². The van der Waals surface area contributed by atoms with Gasteiger partial charge in [-0.2, -0.15) is 0 Å². The van der Waals surface area contributed by atoms with Gasteiger partial charge in [0.05, 0.1) is 40.4 Å². The van der Waals surface area contributed by atoms with Gasteiger partial charge < -0.3 is 46.1 Å². The maximum absolute atomic E-state index is 11.5. The average molecular weight is 645 g/mol. The third kappa shape index (κ3) is 5.59. The lowest BCUT2D eigenvalue weighted by atomic mass is 9.86. The van der Waals surface area contributed by atoms with E-state index in [1.807, 2.05) is 30.3 Å². The lowest BCUT2D eigenvalue weighted by Crippen LogP contribution is -3.00. The van der Waals surface area contributed by atoms with Crippen LogP contribution >= 0.6 is 0 Å². The fourth-order valence-corrected chi connectivity index (χ4v) is 7.27. The molecule has 0 saturated carbocycles. The highest BCUT2D eigenvalue weighted by Gasteiger charge is 2.41. The van der Waals surface area contributed by atoms with Crippen LogP contribution in [-0.2, 0) is 25.7 Å². The van der Waals surface area contributed by atoms with Crippen LogP contribution in [0, 0.1) is 0 Å². The summed E-state index contributed by atoms with van der Waals surface area (Å²) in [6, 6.07) is 19.9. The molecule has 2 atom stereocenters. The third-order valence-corrected chi connectivity index (χ3v) is 9.99. The second-order valence-electron chi connectivity index (χ2n) is 13.1. The molecule has 8 nitrogen and oxygen atoms in total. The number of halogens is 1. The first-order chi connectivity index (χ1) is 21.6. The van der Waals surface area contributed by atoms with Crippen LogP contribution in [-0.4, -0.2) is 68.0 Å². The number of phenolic OH excluding ortho intramolecular Hbond substituents is 2. The number of hydrogen-bond acceptors (Lipinski definition) is 7. The van der Waals surface area contributed by atoms with Gasteiger partial charge in [0, 0.05) is 25.4 Å². The molecular formula is C37H41ClN2O6. The molecule has 2 N–H and O–H groups in total. The summed E-state index contributed by atoms with van der Waals surface area (Å²) in [7, 11) is 9.80. The zero-order valence-corrected chi connectivity index (χ0v) is 27.7. The molecule has 0 radical (unpaired) electrons. The first kappa shape index (κ1) is 31.9. The van der Waals surface area contributed by atoms with Crippen molar-refractivity contribution < 1.29 is 46.1 Å². The molecule has 242 valence electrons. The number of methoxy groups -OCH3 is 2. The summed E-state index contributed by atoms with van der Waals surface area (Å²) in [6.07, 6.45) is 3.16. The van der Waals surface area contributed by atoms with Crippen LogP contribution in [0.5, 0.6) is 46.0 Å². The Bertz CT molecular complexity index is 1770. The minimum atomic E-state index is -0.0503. The van der Waals surface area contributed by atoms with Gasteiger partial charge in [-0.1, -0.05) is 18.2 Å². The van der Waals surface area contributed by atoms with Gasteiger partial charge in [0.15, 0.2) is 34.5 Å². The summed E-state index contributed by atoms with van der Waals surface area (Å²) >= 11 is 0. The number of nitrogens with zero attached hydrogens (tertiary/aromatic N) is 2. The Kier molecular flexibility index (Phi) is 8.48. The molecule has 46 heavy (non-hydrogen) atoms. The summed E-state index contributed by atoms with van der Waals surface area (Å²) < 4.78 is 25.2. The summed E-state index contributed by atoms with van der Waals surface area (Å²) in [5, 5.41) is 22.4. The summed E-state index contributed by atoms with van der Waals surface area (Å²) in [6.45, 7) is 1.84. The van der Waals surface area contributed by atoms with Crippen molar-refractivity contribution in [2.45, 2.75) is 37.8 Å². The van der Waals surface area contributed by atoms with E-state index in [0.717, 1.165) is 49.0 Å². The van der Waals surface area contributed by atoms with Crippen molar-refractivity contribution in [3.8, 4) is 46.0 Å². The Hall–Kier alpha value is -4.11. The number of benzene rings is 4. The molecular weight excluding hydrogens is 604 g/mol. The number of phenols is 2. The van der Waals surface area contributed by atoms with Gasteiger partial charge in [-0.3, -0.25) is 4.90 Å². The standard InChI is InChI=1S/C37H40N2O6.ClH/c1-38-14-12-24-19-32(42-4)33-21-27(24)28(38)16-22-6-9-26(10-7-22)44-37-35-25(20-34(43-5)36(37)41)13-15-39(2,3)29(35)17-23-8-11-30(40)31(18-23)45-33;/h6-11,18-21,28-29H,12-17H2,1-5H3,(H-,40,41);1H/t28-,29+;/m0./s1. The van der Waals surface area contributed by atoms with E-state index in [9.17, 15) is 10.2 Å². The quantitative estimate of drug-likeness (QED) is 0.322. The maximum atomic E-state index is 11.5. The molecule has 4 aromatic carbocycles. The molecule has 0 unspecified atom stereocenters. The van der Waals surface area contributed by atoms with Crippen LogP contribution in [0.1, 0.15) is 45.5 Å². The predicted molar refractivity (Wildman–Crippen MR) is 172 cm³/mol. The molecule has 4 aliphatic heterocycles. The van der Waals surface area contributed by atoms with Crippen LogP contribution in [0.15, 0.2) is 60.7 Å². The zero-order valence-electron chi connectivity index (χ0n) is 27.0. The zero-order chi connectivity index (χ0) is 31.5. The SMILES string of the molecule is COc1cc2c3cc1Oc1cc(ccc1O)C[C@@H]1c4c(cc(OC)c(O)c4Oc4ccc(cc4)C[C@@H]3N(C)CC2)CC[N+]1(C)C.[Cl-]. The third-order valence-electron chi connectivity index (χ3n) is 9.99. The highest BCUT2D eigenvalue weighted by molar-refractivity contribution is 5.61. The Morgan fingerprint density at radius 2 is 1.52 bits per heavy atom. The number of quaternary nitrogens is 1. The van der Waals surface area contributed by atoms with E-state index >= 15 is 0 Å². The van der Waals surface area contributed by atoms with Crippen molar-refractivity contribution in [1.82, 2.24) is 4.90 Å². The molecule has 0 aliphatic carbocycles. The molecule has 4 aromatic rings. The largest absolute Gasteiger partial charge is 1.00 e. The molecule has 9 heteroatoms. The molecule has 0 spiro atoms. The van der Waals surface area contributed by atoms with Crippen molar-refractivity contribution in [2.75, 3.05) is 48.5 Å². The highest BCUT2D eigenvalue weighted by Crippen LogP contribution is 2.51. The normalized spacial score (nSPS) is 19.8. The minimum Gasteiger partial charge on any atom is -1.00 e. The Morgan fingerprint density at radius 1 is 0.804 bits per heavy atom. The lowest BCUT2D eigenvalue weighted by molar-refractivity contribution is -0.923. The Morgan fingerprint density at radius 3 is 2.26 bits per heavy atom. The number of rotatable bonds is 2. The van der Waals surface area contributed by atoms with E-state index in [2.05, 4.69) is 50.3 Å². The summed E-state index contributed by atoms with van der Waals surface area (Å²) in [5.41, 5.74) is 6.66. The van der Waals surface area contributed by atoms with Gasteiger partial charge in [-0.15, -0.1) is 0 Å². The van der Waals surface area contributed by atoms with Crippen molar-refractivity contribution in [2.24, 2.45) is 0 Å². The molecule has 0 fully saturated rings. The lowest BCUT2D eigenvalue weighted by Gasteiger charge is -2.43. The van der Waals surface area contributed by atoms with Crippen molar-refractivity contribution in [1.29, 1.82) is 0 Å². The van der Waals surface area contributed by atoms with Crippen molar-refractivity contribution >= 4 is 0 Å². The molecule has 4 heterocycles. The Balaban J connectivity index is 0.00000372. The monoisotopic (exact) mass is 644 g/mol. The number of ether oxygens (including phenoxy) is 4. The van der Waals surface area contributed by atoms with Gasteiger partial charge in [0.2, 0.25) is 5.75 Å². The molecule has 0 amide bonds. The summed E-state index contributed by atoms with van der Waals surface area (Å²) in [4.78, 5) is 2.38. The maximum Gasteiger partial charge on any atom is 0.201 e. The number of fused-ring (bicyclic) bond motifs is 2. The van der Waals surface area contributed by atoms with Gasteiger partial charge in [0.25, 0.3) is 0 Å². The first-order valence-corrected chi connectivity index (χ1v) is 15.6. The van der Waals surface area contributed by atoms with Crippen LogP contribution in [0.3, 0.4) is 0 Å².